The van der Waals surface area contributed by atoms with Crippen molar-refractivity contribution in [1.29, 1.82) is 0 Å². The van der Waals surface area contributed by atoms with Crippen LogP contribution in [0.4, 0.5) is 0 Å². The predicted molar refractivity (Wildman–Crippen MR) is 138 cm³/mol. The lowest BCUT2D eigenvalue weighted by Crippen LogP contribution is -2.30. The summed E-state index contributed by atoms with van der Waals surface area (Å²) in [4.78, 5) is 27.7. The summed E-state index contributed by atoms with van der Waals surface area (Å²) in [7, 11) is 0. The third-order valence-electron chi connectivity index (χ3n) is 6.03. The van der Waals surface area contributed by atoms with Crippen LogP contribution in [0, 0.1) is 0 Å². The number of carbonyl (C=O) groups excluding carboxylic acids is 2. The van der Waals surface area contributed by atoms with Crippen molar-refractivity contribution in [2.45, 2.75) is 65.8 Å². The fourth-order valence-corrected chi connectivity index (χ4v) is 4.36. The number of ether oxygens (including phenoxy) is 2. The van der Waals surface area contributed by atoms with E-state index in [1.807, 2.05) is 57.2 Å². The van der Waals surface area contributed by atoms with Crippen LogP contribution in [0.25, 0.3) is 5.76 Å². The van der Waals surface area contributed by atoms with Crippen molar-refractivity contribution in [3.8, 4) is 11.5 Å². The van der Waals surface area contributed by atoms with Crippen molar-refractivity contribution in [2.75, 3.05) is 19.8 Å². The van der Waals surface area contributed by atoms with Gasteiger partial charge in [-0.2, -0.15) is 0 Å². The Morgan fingerprint density at radius 3 is 2.23 bits per heavy atom. The summed E-state index contributed by atoms with van der Waals surface area (Å²) in [6, 6.07) is 12.1. The number of carbonyl (C=O) groups is 2. The summed E-state index contributed by atoms with van der Waals surface area (Å²) < 4.78 is 11.5. The van der Waals surface area contributed by atoms with Crippen molar-refractivity contribution in [2.24, 2.45) is 0 Å². The van der Waals surface area contributed by atoms with E-state index in [2.05, 4.69) is 20.8 Å². The molecule has 2 aromatic carbocycles. The number of hydrogen-bond donors (Lipinski definition) is 1. The highest BCUT2D eigenvalue weighted by Crippen LogP contribution is 2.41. The molecule has 6 nitrogen and oxygen atoms in total. The van der Waals surface area contributed by atoms with E-state index in [0.717, 1.165) is 29.0 Å². The summed E-state index contributed by atoms with van der Waals surface area (Å²) in [5, 5.41) is 11.4. The van der Waals surface area contributed by atoms with Crippen LogP contribution in [0.15, 0.2) is 48.0 Å². The standard InChI is InChI=1S/C29H37NO5/c1-7-16-30-25(19-10-13-21(14-11-19)35-17-8-2)24(27(32)28(30)33)26(31)20-12-15-23(34-9-3)22(18-20)29(4,5)6/h10-15,18,25,31H,7-9,16-17H2,1-6H3/b26-24-. The molecule has 35 heavy (non-hydrogen) atoms. The molecular formula is C29H37NO5. The average molecular weight is 480 g/mol. The number of benzene rings is 2. The molecule has 1 saturated heterocycles. The van der Waals surface area contributed by atoms with Gasteiger partial charge in [0.2, 0.25) is 0 Å². The molecule has 1 unspecified atom stereocenters. The van der Waals surface area contributed by atoms with Crippen LogP contribution in [0.1, 0.15) is 77.1 Å². The van der Waals surface area contributed by atoms with Gasteiger partial charge in [0.1, 0.15) is 17.3 Å². The molecule has 1 N–H and O–H groups in total. The third kappa shape index (κ3) is 5.53. The number of aliphatic hydroxyl groups is 1. The number of rotatable bonds is 9. The van der Waals surface area contributed by atoms with E-state index in [0.29, 0.717) is 31.7 Å². The Bertz CT molecular complexity index is 1100. The first-order valence-corrected chi connectivity index (χ1v) is 12.4. The summed E-state index contributed by atoms with van der Waals surface area (Å²) >= 11 is 0. The van der Waals surface area contributed by atoms with Crippen LogP contribution >= 0.6 is 0 Å². The molecule has 0 radical (unpaired) electrons. The van der Waals surface area contributed by atoms with Gasteiger partial charge in [-0.25, -0.2) is 0 Å². The Hall–Kier alpha value is -3.28. The highest BCUT2D eigenvalue weighted by atomic mass is 16.5. The van der Waals surface area contributed by atoms with Crippen molar-refractivity contribution in [3.05, 3.63) is 64.7 Å². The second-order valence-corrected chi connectivity index (χ2v) is 9.80. The lowest BCUT2D eigenvalue weighted by molar-refractivity contribution is -0.139. The van der Waals surface area contributed by atoms with Gasteiger partial charge in [-0.3, -0.25) is 9.59 Å². The Kier molecular flexibility index (Phi) is 8.26. The minimum absolute atomic E-state index is 0.106. The van der Waals surface area contributed by atoms with Gasteiger partial charge >= 0.3 is 0 Å². The first-order valence-electron chi connectivity index (χ1n) is 12.4. The van der Waals surface area contributed by atoms with Crippen LogP contribution in [-0.4, -0.2) is 41.5 Å². The lowest BCUT2D eigenvalue weighted by atomic mass is 9.84. The van der Waals surface area contributed by atoms with Gasteiger partial charge in [-0.15, -0.1) is 0 Å². The van der Waals surface area contributed by atoms with Crippen LogP contribution < -0.4 is 9.47 Å². The minimum atomic E-state index is -0.668. The molecule has 1 atom stereocenters. The molecule has 0 aromatic heterocycles. The topological polar surface area (TPSA) is 76.1 Å². The molecule has 1 aliphatic rings. The Labute approximate surface area is 208 Å². The van der Waals surface area contributed by atoms with E-state index in [-0.39, 0.29) is 16.7 Å². The fraction of sp³-hybridized carbons (Fsp3) is 0.448. The first kappa shape index (κ1) is 26.3. The van der Waals surface area contributed by atoms with Crippen molar-refractivity contribution in [1.82, 2.24) is 4.90 Å². The molecule has 1 heterocycles. The summed E-state index contributed by atoms with van der Waals surface area (Å²) in [6.45, 7) is 13.7. The predicted octanol–water partition coefficient (Wildman–Crippen LogP) is 6.00. The van der Waals surface area contributed by atoms with Crippen LogP contribution in [0.3, 0.4) is 0 Å². The molecule has 0 saturated carbocycles. The number of hydrogen-bond acceptors (Lipinski definition) is 5. The van der Waals surface area contributed by atoms with Crippen LogP contribution in [0.2, 0.25) is 0 Å². The van der Waals surface area contributed by atoms with E-state index in [1.165, 1.54) is 0 Å². The molecule has 0 bridgehead atoms. The fourth-order valence-electron chi connectivity index (χ4n) is 4.36. The molecule has 1 fully saturated rings. The maximum Gasteiger partial charge on any atom is 0.295 e. The maximum absolute atomic E-state index is 13.2. The number of Topliss-reactive ketones (excluding diaryl/α,β-unsaturated/α-hetero) is 1. The normalized spacial score (nSPS) is 17.7. The number of amides is 1. The maximum atomic E-state index is 13.2. The second-order valence-electron chi connectivity index (χ2n) is 9.80. The Morgan fingerprint density at radius 1 is 0.971 bits per heavy atom. The minimum Gasteiger partial charge on any atom is -0.507 e. The molecular weight excluding hydrogens is 442 g/mol. The lowest BCUT2D eigenvalue weighted by Gasteiger charge is -2.26. The molecule has 188 valence electrons. The van der Waals surface area contributed by atoms with Gasteiger partial charge in [0.15, 0.2) is 0 Å². The molecule has 0 spiro atoms. The summed E-state index contributed by atoms with van der Waals surface area (Å²) in [6.07, 6.45) is 1.59. The third-order valence-corrected chi connectivity index (χ3v) is 6.03. The van der Waals surface area contributed by atoms with Gasteiger partial charge in [-0.05, 0) is 61.1 Å². The van der Waals surface area contributed by atoms with E-state index in [9.17, 15) is 14.7 Å². The molecule has 1 aliphatic heterocycles. The number of aliphatic hydroxyl groups excluding tert-OH is 1. The van der Waals surface area contributed by atoms with Gasteiger partial charge in [-0.1, -0.05) is 46.8 Å². The Balaban J connectivity index is 2.14. The quantitative estimate of drug-likeness (QED) is 0.271. The van der Waals surface area contributed by atoms with E-state index in [1.54, 1.807) is 11.0 Å². The second kappa shape index (κ2) is 11.0. The van der Waals surface area contributed by atoms with Crippen LogP contribution in [0.5, 0.6) is 11.5 Å². The zero-order chi connectivity index (χ0) is 25.8. The highest BCUT2D eigenvalue weighted by Gasteiger charge is 2.45. The SMILES string of the molecule is CCCOc1ccc(C2/C(=C(/O)c3ccc(OCC)c(C(C)(C)C)c3)C(=O)C(=O)N2CCC)cc1. The van der Waals surface area contributed by atoms with Crippen LogP contribution in [-0.2, 0) is 15.0 Å². The molecule has 1 amide bonds. The van der Waals surface area contributed by atoms with Gasteiger partial charge in [0.25, 0.3) is 11.7 Å². The van der Waals surface area contributed by atoms with Gasteiger partial charge in [0, 0.05) is 17.7 Å². The number of ketones is 1. The molecule has 6 heteroatoms. The smallest absolute Gasteiger partial charge is 0.295 e. The van der Waals surface area contributed by atoms with E-state index in [4.69, 9.17) is 9.47 Å². The Morgan fingerprint density at radius 2 is 1.66 bits per heavy atom. The monoisotopic (exact) mass is 479 g/mol. The molecule has 0 aliphatic carbocycles. The first-order chi connectivity index (χ1) is 16.6. The van der Waals surface area contributed by atoms with E-state index < -0.39 is 17.7 Å². The van der Waals surface area contributed by atoms with Gasteiger partial charge < -0.3 is 19.5 Å². The summed E-state index contributed by atoms with van der Waals surface area (Å²) in [5.74, 6) is 0.0310. The molecule has 2 aromatic rings. The molecule has 3 rings (SSSR count). The highest BCUT2D eigenvalue weighted by molar-refractivity contribution is 6.46. The van der Waals surface area contributed by atoms with Crippen molar-refractivity contribution < 1.29 is 24.2 Å². The zero-order valence-electron chi connectivity index (χ0n) is 21.7. The zero-order valence-corrected chi connectivity index (χ0v) is 21.7. The van der Waals surface area contributed by atoms with Crippen molar-refractivity contribution >= 4 is 17.4 Å². The largest absolute Gasteiger partial charge is 0.507 e. The number of likely N-dealkylation sites (tertiary alicyclic amines) is 1. The summed E-state index contributed by atoms with van der Waals surface area (Å²) in [5.41, 5.74) is 2.02. The van der Waals surface area contributed by atoms with Gasteiger partial charge in [0.05, 0.1) is 24.8 Å². The average Bonchev–Trinajstić information content (AvgIpc) is 3.07. The number of nitrogens with zero attached hydrogens (tertiary/aromatic N) is 1. The van der Waals surface area contributed by atoms with E-state index >= 15 is 0 Å². The van der Waals surface area contributed by atoms with Crippen molar-refractivity contribution in [3.63, 3.8) is 0 Å².